The molecule has 0 radical (unpaired) electrons. The maximum Gasteiger partial charge on any atom is 0.320 e. The van der Waals surface area contributed by atoms with E-state index < -0.39 is 56.5 Å². The highest BCUT2D eigenvalue weighted by Crippen LogP contribution is 2.86. The Bertz CT molecular complexity index is 2310. The summed E-state index contributed by atoms with van der Waals surface area (Å²) in [6.45, 7) is 14.7. The molecule has 332 valence electrons. The lowest BCUT2D eigenvalue weighted by Gasteiger charge is -2.73. The molecule has 9 rings (SSSR count). The summed E-state index contributed by atoms with van der Waals surface area (Å²) in [6.07, 6.45) is 15.1. The van der Waals surface area contributed by atoms with Gasteiger partial charge in [0.15, 0.2) is 0 Å². The fourth-order valence-corrected chi connectivity index (χ4v) is 17.1. The number of allylic oxidation sites excluding steroid dienone is 2. The maximum atomic E-state index is 15.6. The second kappa shape index (κ2) is 14.4. The Labute approximate surface area is 368 Å². The molecule has 3 saturated carbocycles. The number of esters is 3. The highest BCUT2D eigenvalue weighted by atomic mass is 16.6. The molecule has 0 aromatic heterocycles. The van der Waals surface area contributed by atoms with Crippen LogP contribution in [0.1, 0.15) is 153 Å². The van der Waals surface area contributed by atoms with E-state index in [1.807, 2.05) is 13.0 Å². The van der Waals surface area contributed by atoms with Gasteiger partial charge in [0.25, 0.3) is 0 Å². The van der Waals surface area contributed by atoms with Crippen molar-refractivity contribution in [2.45, 2.75) is 148 Å². The first kappa shape index (κ1) is 43.1. The van der Waals surface area contributed by atoms with Gasteiger partial charge in [0.1, 0.15) is 29.0 Å². The van der Waals surface area contributed by atoms with Gasteiger partial charge < -0.3 is 23.7 Å². The number of ether oxygens (including phenoxy) is 4. The molecule has 62 heavy (non-hydrogen) atoms. The van der Waals surface area contributed by atoms with Crippen molar-refractivity contribution >= 4 is 29.8 Å². The van der Waals surface area contributed by atoms with Crippen LogP contribution in [0.3, 0.4) is 0 Å². The van der Waals surface area contributed by atoms with E-state index >= 15 is 9.59 Å². The average molecular weight is 845 g/mol. The minimum absolute atomic E-state index is 0.159. The number of fused-ring (bicyclic) bond motifs is 5. The lowest BCUT2D eigenvalue weighted by atomic mass is 9.29. The zero-order chi connectivity index (χ0) is 44.4. The van der Waals surface area contributed by atoms with E-state index in [1.165, 1.54) is 44.3 Å². The minimum atomic E-state index is -1.47. The van der Waals surface area contributed by atoms with E-state index in [-0.39, 0.29) is 23.2 Å². The second-order valence-corrected chi connectivity index (χ2v) is 21.5. The average Bonchev–Trinajstić information content (AvgIpc) is 3.88. The van der Waals surface area contributed by atoms with Crippen LogP contribution >= 0.6 is 0 Å². The van der Waals surface area contributed by atoms with Crippen molar-refractivity contribution in [3.05, 3.63) is 81.9 Å². The van der Waals surface area contributed by atoms with Gasteiger partial charge in [-0.25, -0.2) is 0 Å². The fourth-order valence-electron chi connectivity index (χ4n) is 17.1. The predicted molar refractivity (Wildman–Crippen MR) is 238 cm³/mol. The van der Waals surface area contributed by atoms with Gasteiger partial charge in [0.2, 0.25) is 0 Å². The smallest absolute Gasteiger partial charge is 0.320 e. The van der Waals surface area contributed by atoms with Crippen molar-refractivity contribution in [3.8, 4) is 5.75 Å². The quantitative estimate of drug-likeness (QED) is 0.112. The van der Waals surface area contributed by atoms with E-state index in [0.717, 1.165) is 73.5 Å². The zero-order valence-corrected chi connectivity index (χ0v) is 38.8. The summed E-state index contributed by atoms with van der Waals surface area (Å²) in [5.41, 5.74) is 1.60. The molecule has 0 saturated heterocycles. The Balaban J connectivity index is 1.40. The van der Waals surface area contributed by atoms with Crippen LogP contribution in [0.15, 0.2) is 54.1 Å². The van der Waals surface area contributed by atoms with Crippen molar-refractivity contribution < 1.29 is 38.1 Å². The van der Waals surface area contributed by atoms with Crippen LogP contribution in [-0.2, 0) is 50.6 Å². The second-order valence-electron chi connectivity index (χ2n) is 21.5. The number of methoxy groups -OCH3 is 3. The zero-order valence-electron chi connectivity index (χ0n) is 38.8. The summed E-state index contributed by atoms with van der Waals surface area (Å²) < 4.78 is 25.0. The molecule has 2 bridgehead atoms. The number of benzene rings is 2. The first-order chi connectivity index (χ1) is 29.5. The standard InChI is InChI=1S/C54H68O8/c1-11-48(4)28-33-19-20-38-37-18-14-13-16-35(37)25-40(38)53(47(58)61-10,30-34(24-33)29-48)42-27-41-39(26-44(42)59-8)43(31-55)51(7)49(5,46(57)60-9)45(62-32(3)56)52(12-2)22-15-17-36-21-23-54(41,51)50(36,52)6/h13-16,18,22,26-27,31,33-34,36,43,45H,11-12,17,19-21,23-25,28-30H2,1-10H3/t33-,34?,36?,43?,45-,48-,49+,50-,51-,52-,53+,54+/m0/s1. The molecule has 3 unspecified atom stereocenters. The normalized spacial score (nSPS) is 41.0. The molecule has 0 amide bonds. The Morgan fingerprint density at radius 2 is 1.58 bits per heavy atom. The molecule has 3 fully saturated rings. The van der Waals surface area contributed by atoms with Crippen LogP contribution < -0.4 is 4.74 Å². The van der Waals surface area contributed by atoms with E-state index in [1.54, 1.807) is 7.11 Å². The van der Waals surface area contributed by atoms with Crippen molar-refractivity contribution in [1.29, 1.82) is 0 Å². The van der Waals surface area contributed by atoms with E-state index in [0.29, 0.717) is 37.4 Å². The van der Waals surface area contributed by atoms with E-state index in [9.17, 15) is 9.59 Å². The largest absolute Gasteiger partial charge is 0.496 e. The van der Waals surface area contributed by atoms with Crippen LogP contribution in [-0.4, -0.2) is 51.6 Å². The molecule has 2 aromatic rings. The Morgan fingerprint density at radius 1 is 0.855 bits per heavy atom. The number of hydrogen-bond donors (Lipinski definition) is 0. The van der Waals surface area contributed by atoms with Gasteiger partial charge in [-0.05, 0) is 152 Å². The van der Waals surface area contributed by atoms with Crippen LogP contribution in [0.25, 0.3) is 5.57 Å². The molecule has 7 aliphatic rings. The predicted octanol–water partition coefficient (Wildman–Crippen LogP) is 10.6. The number of hydrogen-bond acceptors (Lipinski definition) is 8. The van der Waals surface area contributed by atoms with Crippen LogP contribution in [0.4, 0.5) is 0 Å². The highest BCUT2D eigenvalue weighted by Gasteiger charge is 2.87. The first-order valence-corrected chi connectivity index (χ1v) is 23.5. The molecule has 8 heteroatoms. The molecule has 2 aromatic carbocycles. The Hall–Kier alpha value is -4.20. The van der Waals surface area contributed by atoms with Gasteiger partial charge in [-0.3, -0.25) is 14.4 Å². The van der Waals surface area contributed by atoms with E-state index in [2.05, 4.69) is 77.1 Å². The SMILES string of the molecule is CC[C@]1(C)CC2C[C@H](CCC3=C(Cc4ccccc43)[C@@](C(=O)OC)(c3cc4c(cc3OC)C(C=O)[C@]3(C)[C@]45CCC4CC=C[C@@](CC)([C@@H](OC(C)=O)[C@]3(C)C(=O)OC)[C@]45C)C2)C1. The third-order valence-electron chi connectivity index (χ3n) is 19.8. The summed E-state index contributed by atoms with van der Waals surface area (Å²) >= 11 is 0. The molecular weight excluding hydrogens is 777 g/mol. The van der Waals surface area contributed by atoms with Gasteiger partial charge in [-0.2, -0.15) is 0 Å². The molecule has 0 N–H and O–H groups in total. The van der Waals surface area contributed by atoms with Gasteiger partial charge in [-0.15, -0.1) is 0 Å². The minimum Gasteiger partial charge on any atom is -0.496 e. The van der Waals surface area contributed by atoms with Crippen molar-refractivity contribution in [3.63, 3.8) is 0 Å². The summed E-state index contributed by atoms with van der Waals surface area (Å²) in [5.74, 6) is -0.522. The molecule has 8 nitrogen and oxygen atoms in total. The summed E-state index contributed by atoms with van der Waals surface area (Å²) in [7, 11) is 4.60. The topological polar surface area (TPSA) is 105 Å². The lowest BCUT2D eigenvalue weighted by Crippen LogP contribution is -2.78. The third kappa shape index (κ3) is 4.96. The number of carbonyl (C=O) groups is 4. The Morgan fingerprint density at radius 3 is 2.24 bits per heavy atom. The Kier molecular flexibility index (Phi) is 10.0. The van der Waals surface area contributed by atoms with Crippen molar-refractivity contribution in [2.24, 2.45) is 44.8 Å². The molecule has 0 heterocycles. The van der Waals surface area contributed by atoms with E-state index in [4.69, 9.17) is 18.9 Å². The van der Waals surface area contributed by atoms with Gasteiger partial charge in [0, 0.05) is 34.7 Å². The molecular formula is C54H68O8. The van der Waals surface area contributed by atoms with Crippen LogP contribution in [0, 0.1) is 44.8 Å². The van der Waals surface area contributed by atoms with Crippen molar-refractivity contribution in [1.82, 2.24) is 0 Å². The first-order valence-electron chi connectivity index (χ1n) is 23.5. The van der Waals surface area contributed by atoms with Gasteiger partial charge >= 0.3 is 17.9 Å². The monoisotopic (exact) mass is 844 g/mol. The molecule has 7 aliphatic carbocycles. The lowest BCUT2D eigenvalue weighted by molar-refractivity contribution is -0.270. The highest BCUT2D eigenvalue weighted by molar-refractivity contribution is 5.95. The van der Waals surface area contributed by atoms with Gasteiger partial charge in [-0.1, -0.05) is 77.5 Å². The molecule has 0 aliphatic heterocycles. The maximum absolute atomic E-state index is 15.6. The number of carbonyl (C=O) groups excluding carboxylic acids is 4. The van der Waals surface area contributed by atoms with Crippen LogP contribution in [0.5, 0.6) is 5.75 Å². The summed E-state index contributed by atoms with van der Waals surface area (Å²) in [4.78, 5) is 58.3. The van der Waals surface area contributed by atoms with Gasteiger partial charge in [0.05, 0.1) is 21.3 Å². The fraction of sp³-hybridized carbons (Fsp3) is 0.630. The number of aldehydes is 1. The van der Waals surface area contributed by atoms with Crippen LogP contribution in [0.2, 0.25) is 0 Å². The number of rotatable bonds is 8. The summed E-state index contributed by atoms with van der Waals surface area (Å²) in [5, 5.41) is 0. The third-order valence-corrected chi connectivity index (χ3v) is 19.8. The summed E-state index contributed by atoms with van der Waals surface area (Å²) in [6, 6.07) is 13.0. The molecule has 1 spiro atoms. The molecule has 12 atom stereocenters. The van der Waals surface area contributed by atoms with Crippen molar-refractivity contribution in [2.75, 3.05) is 21.3 Å².